The van der Waals surface area contributed by atoms with Crippen LogP contribution < -0.4 is 5.32 Å². The monoisotopic (exact) mass is 279 g/mol. The Morgan fingerprint density at radius 2 is 2.12 bits per heavy atom. The first kappa shape index (κ1) is 10.6. The normalized spacial score (nSPS) is 32.0. The molecule has 1 N–H and O–H groups in total. The van der Waals surface area contributed by atoms with Gasteiger partial charge in [0.1, 0.15) is 0 Å². The molecule has 0 spiro atoms. The highest BCUT2D eigenvalue weighted by Gasteiger charge is 2.39. The number of hydrogen-bond donors (Lipinski definition) is 1. The molecule has 16 heavy (non-hydrogen) atoms. The first-order valence-corrected chi connectivity index (χ1v) is 7.04. The van der Waals surface area contributed by atoms with Gasteiger partial charge in [-0.2, -0.15) is 0 Å². The lowest BCUT2D eigenvalue weighted by molar-refractivity contribution is 0.439. The molecule has 2 aliphatic carbocycles. The number of rotatable bonds is 2. The summed E-state index contributed by atoms with van der Waals surface area (Å²) in [5, 5.41) is 3.73. The lowest BCUT2D eigenvalue weighted by Gasteiger charge is -2.24. The molecule has 0 aliphatic heterocycles. The molecule has 2 saturated carbocycles. The van der Waals surface area contributed by atoms with Crippen molar-refractivity contribution in [3.63, 3.8) is 0 Å². The predicted octanol–water partition coefficient (Wildman–Crippen LogP) is 4.36. The molecule has 2 fully saturated rings. The van der Waals surface area contributed by atoms with E-state index in [1.54, 1.807) is 0 Å². The molecule has 0 amide bonds. The van der Waals surface area contributed by atoms with Crippen LogP contribution in [0.15, 0.2) is 22.7 Å². The third-order valence-corrected chi connectivity index (χ3v) is 4.89. The van der Waals surface area contributed by atoms with E-state index in [9.17, 15) is 0 Å². The van der Waals surface area contributed by atoms with Crippen molar-refractivity contribution in [1.29, 1.82) is 0 Å². The van der Waals surface area contributed by atoms with Crippen LogP contribution in [0.25, 0.3) is 0 Å². The summed E-state index contributed by atoms with van der Waals surface area (Å²) in [5.41, 5.74) is 2.60. The van der Waals surface area contributed by atoms with Crippen molar-refractivity contribution >= 4 is 21.6 Å². The predicted molar refractivity (Wildman–Crippen MR) is 71.7 cm³/mol. The number of aryl methyl sites for hydroxylation is 1. The molecule has 2 bridgehead atoms. The average molecular weight is 280 g/mol. The Bertz CT molecular complexity index is 402. The number of anilines is 1. The van der Waals surface area contributed by atoms with Crippen molar-refractivity contribution in [2.24, 2.45) is 11.8 Å². The second kappa shape index (κ2) is 4.06. The maximum absolute atomic E-state index is 3.73. The maximum atomic E-state index is 3.73. The largest absolute Gasteiger partial charge is 0.381 e. The van der Waals surface area contributed by atoms with Gasteiger partial charge in [0.05, 0.1) is 0 Å². The van der Waals surface area contributed by atoms with Crippen LogP contribution in [0.3, 0.4) is 0 Å². The van der Waals surface area contributed by atoms with Crippen LogP contribution >= 0.6 is 15.9 Å². The van der Waals surface area contributed by atoms with Crippen LogP contribution in [-0.2, 0) is 0 Å². The summed E-state index contributed by atoms with van der Waals surface area (Å²) in [4.78, 5) is 0. The van der Waals surface area contributed by atoms with Crippen molar-refractivity contribution < 1.29 is 0 Å². The van der Waals surface area contributed by atoms with Gasteiger partial charge in [-0.15, -0.1) is 0 Å². The van der Waals surface area contributed by atoms with E-state index in [0.717, 1.165) is 17.9 Å². The van der Waals surface area contributed by atoms with E-state index < -0.39 is 0 Å². The SMILES string of the molecule is Cc1ccc(Br)c(NC2CC3CCC2C3)c1. The van der Waals surface area contributed by atoms with Crippen LogP contribution in [0.4, 0.5) is 5.69 Å². The number of halogens is 1. The zero-order chi connectivity index (χ0) is 11.1. The van der Waals surface area contributed by atoms with Crippen LogP contribution in [0.5, 0.6) is 0 Å². The lowest BCUT2D eigenvalue weighted by atomic mass is 9.95. The highest BCUT2D eigenvalue weighted by Crippen LogP contribution is 2.46. The molecule has 1 nitrogen and oxygen atoms in total. The summed E-state index contributed by atoms with van der Waals surface area (Å²) in [7, 11) is 0. The van der Waals surface area contributed by atoms with E-state index in [2.05, 4.69) is 46.4 Å². The molecule has 2 aliphatic rings. The van der Waals surface area contributed by atoms with E-state index >= 15 is 0 Å². The molecule has 1 aromatic carbocycles. The Kier molecular flexibility index (Phi) is 2.70. The van der Waals surface area contributed by atoms with Gasteiger partial charge in [0, 0.05) is 16.2 Å². The summed E-state index contributed by atoms with van der Waals surface area (Å²) in [6, 6.07) is 7.26. The standard InChI is InChI=1S/C14H18BrN/c1-9-2-5-12(15)14(6-9)16-13-8-10-3-4-11(13)7-10/h2,5-6,10-11,13,16H,3-4,7-8H2,1H3. The Morgan fingerprint density at radius 1 is 1.25 bits per heavy atom. The fraction of sp³-hybridized carbons (Fsp3) is 0.571. The molecule has 2 heteroatoms. The summed E-state index contributed by atoms with van der Waals surface area (Å²) in [5.74, 6) is 1.93. The third kappa shape index (κ3) is 1.88. The minimum Gasteiger partial charge on any atom is -0.381 e. The molecule has 0 heterocycles. The quantitative estimate of drug-likeness (QED) is 0.848. The van der Waals surface area contributed by atoms with Gasteiger partial charge in [0.15, 0.2) is 0 Å². The Labute approximate surface area is 106 Å². The topological polar surface area (TPSA) is 12.0 Å². The fourth-order valence-corrected chi connectivity index (χ4v) is 3.73. The lowest BCUT2D eigenvalue weighted by Crippen LogP contribution is -2.25. The second-order valence-electron chi connectivity index (χ2n) is 5.41. The van der Waals surface area contributed by atoms with Crippen LogP contribution in [-0.4, -0.2) is 6.04 Å². The van der Waals surface area contributed by atoms with Crippen molar-refractivity contribution in [3.05, 3.63) is 28.2 Å². The van der Waals surface area contributed by atoms with E-state index in [0.29, 0.717) is 0 Å². The highest BCUT2D eigenvalue weighted by atomic mass is 79.9. The summed E-state index contributed by atoms with van der Waals surface area (Å²) >= 11 is 3.63. The van der Waals surface area contributed by atoms with Crippen molar-refractivity contribution in [3.8, 4) is 0 Å². The number of benzene rings is 1. The van der Waals surface area contributed by atoms with Gasteiger partial charge >= 0.3 is 0 Å². The second-order valence-corrected chi connectivity index (χ2v) is 6.26. The van der Waals surface area contributed by atoms with E-state index in [4.69, 9.17) is 0 Å². The van der Waals surface area contributed by atoms with Crippen molar-refractivity contribution in [2.45, 2.75) is 38.6 Å². The third-order valence-electron chi connectivity index (χ3n) is 4.20. The van der Waals surface area contributed by atoms with Gasteiger partial charge in [0.25, 0.3) is 0 Å². The molecule has 0 aromatic heterocycles. The molecule has 86 valence electrons. The first-order chi connectivity index (χ1) is 7.72. The van der Waals surface area contributed by atoms with Gasteiger partial charge in [-0.25, -0.2) is 0 Å². The molecule has 3 rings (SSSR count). The number of fused-ring (bicyclic) bond motifs is 2. The number of hydrogen-bond acceptors (Lipinski definition) is 1. The van der Waals surface area contributed by atoms with Gasteiger partial charge in [-0.05, 0) is 71.6 Å². The Hall–Kier alpha value is -0.500. The summed E-state index contributed by atoms with van der Waals surface area (Å²) in [6.07, 6.45) is 5.75. The van der Waals surface area contributed by atoms with Crippen molar-refractivity contribution in [1.82, 2.24) is 0 Å². The molecular formula is C14H18BrN. The molecule has 1 aromatic rings. The maximum Gasteiger partial charge on any atom is 0.0489 e. The Morgan fingerprint density at radius 3 is 2.81 bits per heavy atom. The minimum absolute atomic E-state index is 0.719. The molecular weight excluding hydrogens is 262 g/mol. The van der Waals surface area contributed by atoms with E-state index in [1.165, 1.54) is 41.4 Å². The Balaban J connectivity index is 1.76. The first-order valence-electron chi connectivity index (χ1n) is 6.25. The van der Waals surface area contributed by atoms with Crippen LogP contribution in [0.2, 0.25) is 0 Å². The van der Waals surface area contributed by atoms with Crippen LogP contribution in [0.1, 0.15) is 31.2 Å². The number of nitrogens with one attached hydrogen (secondary N) is 1. The van der Waals surface area contributed by atoms with Gasteiger partial charge in [-0.1, -0.05) is 12.5 Å². The van der Waals surface area contributed by atoms with Gasteiger partial charge < -0.3 is 5.32 Å². The molecule has 3 atom stereocenters. The van der Waals surface area contributed by atoms with Crippen LogP contribution in [0, 0.1) is 18.8 Å². The van der Waals surface area contributed by atoms with Crippen molar-refractivity contribution in [2.75, 3.05) is 5.32 Å². The molecule has 3 unspecified atom stereocenters. The zero-order valence-corrected chi connectivity index (χ0v) is 11.3. The minimum atomic E-state index is 0.719. The summed E-state index contributed by atoms with van der Waals surface area (Å²) < 4.78 is 1.20. The summed E-state index contributed by atoms with van der Waals surface area (Å²) in [6.45, 7) is 2.15. The average Bonchev–Trinajstić information content (AvgIpc) is 2.85. The highest BCUT2D eigenvalue weighted by molar-refractivity contribution is 9.10. The molecule has 0 saturated heterocycles. The fourth-order valence-electron chi connectivity index (χ4n) is 3.37. The zero-order valence-electron chi connectivity index (χ0n) is 9.67. The van der Waals surface area contributed by atoms with E-state index in [1.807, 2.05) is 0 Å². The molecule has 0 radical (unpaired) electrons. The van der Waals surface area contributed by atoms with E-state index in [-0.39, 0.29) is 0 Å². The van der Waals surface area contributed by atoms with Gasteiger partial charge in [-0.3, -0.25) is 0 Å². The smallest absolute Gasteiger partial charge is 0.0489 e. The van der Waals surface area contributed by atoms with Gasteiger partial charge in [0.2, 0.25) is 0 Å².